The summed E-state index contributed by atoms with van der Waals surface area (Å²) < 4.78 is 47.6. The number of anilines is 1. The Labute approximate surface area is 293 Å². The van der Waals surface area contributed by atoms with E-state index in [0.29, 0.717) is 36.5 Å². The van der Waals surface area contributed by atoms with Crippen LogP contribution in [0.3, 0.4) is 0 Å². The zero-order valence-corrected chi connectivity index (χ0v) is 29.4. The molecule has 50 heavy (non-hydrogen) atoms. The van der Waals surface area contributed by atoms with Crippen LogP contribution in [0.5, 0.6) is 11.6 Å². The van der Waals surface area contributed by atoms with E-state index in [0.717, 1.165) is 32.5 Å². The molecule has 264 valence electrons. The number of piperazine rings is 1. The Kier molecular flexibility index (Phi) is 10.3. The molecular weight excluding hydrogens is 660 g/mol. The van der Waals surface area contributed by atoms with Crippen molar-refractivity contribution in [3.05, 3.63) is 77.5 Å². The highest BCUT2D eigenvalue weighted by Gasteiger charge is 2.61. The highest BCUT2D eigenvalue weighted by atomic mass is 32.2. The molecule has 3 aromatic rings. The number of amides is 2. The Morgan fingerprint density at radius 3 is 2.34 bits per heavy atom. The van der Waals surface area contributed by atoms with Gasteiger partial charge in [-0.1, -0.05) is 19.1 Å². The van der Waals surface area contributed by atoms with E-state index in [4.69, 9.17) is 14.2 Å². The van der Waals surface area contributed by atoms with Crippen LogP contribution in [-0.2, 0) is 25.2 Å². The van der Waals surface area contributed by atoms with Gasteiger partial charge < -0.3 is 24.0 Å². The molecule has 1 aromatic heterocycles. The standard InChI is InChI=1S/C36H42N6O7S/c1-4-39-18-15-27(16-19-39)40-20-22-41(23-21-40)35(44)49-36(28-10-9-17-38-33(28)48-6-3)29-24-26(25-37)13-14-30(29)42(34(36)43)50(45,46)32-12-8-7-11-31(32)47-5-2/h7-14,17,24,27H,4-6,15-16,18-23H2,1-3H3. The molecule has 2 aromatic carbocycles. The fourth-order valence-electron chi connectivity index (χ4n) is 7.10. The van der Waals surface area contributed by atoms with Crippen molar-refractivity contribution < 1.29 is 32.2 Å². The van der Waals surface area contributed by atoms with Crippen LogP contribution in [0.15, 0.2) is 65.7 Å². The molecule has 0 bridgehead atoms. The van der Waals surface area contributed by atoms with Crippen LogP contribution in [0.1, 0.15) is 50.3 Å². The number of likely N-dealkylation sites (tertiary alicyclic amines) is 1. The summed E-state index contributed by atoms with van der Waals surface area (Å²) in [5.41, 5.74) is -2.26. The van der Waals surface area contributed by atoms with Gasteiger partial charge in [0.25, 0.3) is 21.5 Å². The lowest BCUT2D eigenvalue weighted by Gasteiger charge is -2.43. The first-order chi connectivity index (χ1) is 24.2. The number of piperidine rings is 1. The van der Waals surface area contributed by atoms with E-state index in [-0.39, 0.29) is 52.1 Å². The van der Waals surface area contributed by atoms with Gasteiger partial charge in [-0.25, -0.2) is 18.2 Å². The van der Waals surface area contributed by atoms with E-state index in [9.17, 15) is 18.5 Å². The lowest BCUT2D eigenvalue weighted by Crippen LogP contribution is -2.56. The summed E-state index contributed by atoms with van der Waals surface area (Å²) in [4.78, 5) is 39.8. The average Bonchev–Trinajstić information content (AvgIpc) is 3.39. The first-order valence-corrected chi connectivity index (χ1v) is 18.5. The SMILES string of the molecule is CCOc1ccccc1S(=O)(=O)N1C(=O)C(OC(=O)N2CCN(C3CCN(CC)CC3)CC2)(c2cccnc2OCC)c2cc(C#N)ccc21. The lowest BCUT2D eigenvalue weighted by molar-refractivity contribution is -0.132. The number of carbonyl (C=O) groups excluding carboxylic acids is 2. The van der Waals surface area contributed by atoms with E-state index in [1.165, 1.54) is 48.7 Å². The topological polar surface area (TPSA) is 146 Å². The van der Waals surface area contributed by atoms with Crippen molar-refractivity contribution in [1.29, 1.82) is 5.26 Å². The molecular formula is C36H42N6O7S. The third-order valence-electron chi connectivity index (χ3n) is 9.64. The molecule has 0 radical (unpaired) electrons. The number of rotatable bonds is 10. The predicted molar refractivity (Wildman–Crippen MR) is 184 cm³/mol. The number of fused-ring (bicyclic) bond motifs is 1. The van der Waals surface area contributed by atoms with Gasteiger partial charge >= 0.3 is 6.09 Å². The molecule has 0 aliphatic carbocycles. The van der Waals surface area contributed by atoms with Gasteiger partial charge in [0, 0.05) is 44.0 Å². The number of aromatic nitrogens is 1. The first-order valence-electron chi connectivity index (χ1n) is 17.1. The molecule has 2 fully saturated rings. The lowest BCUT2D eigenvalue weighted by atomic mass is 9.87. The fraction of sp³-hybridized carbons (Fsp3) is 0.444. The number of nitriles is 1. The van der Waals surface area contributed by atoms with Crippen molar-refractivity contribution in [2.24, 2.45) is 0 Å². The monoisotopic (exact) mass is 702 g/mol. The highest BCUT2D eigenvalue weighted by molar-refractivity contribution is 7.93. The van der Waals surface area contributed by atoms with Gasteiger partial charge in [-0.2, -0.15) is 9.57 Å². The van der Waals surface area contributed by atoms with E-state index >= 15 is 4.79 Å². The molecule has 0 saturated carbocycles. The van der Waals surface area contributed by atoms with Crippen LogP contribution in [0, 0.1) is 11.3 Å². The van der Waals surface area contributed by atoms with Gasteiger partial charge in [0.2, 0.25) is 5.88 Å². The Balaban J connectivity index is 1.42. The van der Waals surface area contributed by atoms with Gasteiger partial charge in [0.15, 0.2) is 0 Å². The Morgan fingerprint density at radius 2 is 1.66 bits per heavy atom. The van der Waals surface area contributed by atoms with Crippen molar-refractivity contribution in [3.63, 3.8) is 0 Å². The Morgan fingerprint density at radius 1 is 0.940 bits per heavy atom. The van der Waals surface area contributed by atoms with Crippen LogP contribution in [0.2, 0.25) is 0 Å². The van der Waals surface area contributed by atoms with Crippen LogP contribution >= 0.6 is 0 Å². The third kappa shape index (κ3) is 6.25. The quantitative estimate of drug-likeness (QED) is 0.303. The van der Waals surface area contributed by atoms with E-state index in [2.05, 4.69) is 27.8 Å². The van der Waals surface area contributed by atoms with Crippen LogP contribution < -0.4 is 13.8 Å². The zero-order valence-electron chi connectivity index (χ0n) is 28.6. The summed E-state index contributed by atoms with van der Waals surface area (Å²) in [7, 11) is -4.66. The number of para-hydroxylation sites is 1. The summed E-state index contributed by atoms with van der Waals surface area (Å²) in [5.74, 6) is -1.03. The largest absolute Gasteiger partial charge is 0.492 e. The molecule has 3 aliphatic rings. The molecule has 1 atom stereocenters. The van der Waals surface area contributed by atoms with Crippen molar-refractivity contribution >= 4 is 27.7 Å². The molecule has 0 spiro atoms. The summed E-state index contributed by atoms with van der Waals surface area (Å²) >= 11 is 0. The third-order valence-corrected chi connectivity index (χ3v) is 11.4. The number of hydrogen-bond donors (Lipinski definition) is 0. The minimum Gasteiger partial charge on any atom is -0.492 e. The zero-order chi connectivity index (χ0) is 35.5. The molecule has 2 saturated heterocycles. The first kappa shape index (κ1) is 35.1. The van der Waals surface area contributed by atoms with Crippen molar-refractivity contribution in [2.45, 2.75) is 50.2 Å². The van der Waals surface area contributed by atoms with E-state index < -0.39 is 27.6 Å². The maximum Gasteiger partial charge on any atom is 0.411 e. The van der Waals surface area contributed by atoms with E-state index in [1.807, 2.05) is 0 Å². The maximum absolute atomic E-state index is 15.1. The van der Waals surface area contributed by atoms with Gasteiger partial charge in [0.05, 0.1) is 36.1 Å². The van der Waals surface area contributed by atoms with Crippen LogP contribution in [0.25, 0.3) is 0 Å². The Bertz CT molecular complexity index is 1880. The van der Waals surface area contributed by atoms with Gasteiger partial charge in [-0.3, -0.25) is 9.69 Å². The molecule has 0 N–H and O–H groups in total. The smallest absolute Gasteiger partial charge is 0.411 e. The molecule has 2 amide bonds. The predicted octanol–water partition coefficient (Wildman–Crippen LogP) is 3.97. The Hall–Kier alpha value is -4.71. The number of sulfonamides is 1. The summed E-state index contributed by atoms with van der Waals surface area (Å²) in [5, 5.41) is 9.92. The van der Waals surface area contributed by atoms with Crippen molar-refractivity contribution in [3.8, 4) is 17.7 Å². The molecule has 6 rings (SSSR count). The molecule has 14 heteroatoms. The summed E-state index contributed by atoms with van der Waals surface area (Å²) in [6, 6.07) is 15.8. The minimum atomic E-state index is -4.66. The molecule has 4 heterocycles. The van der Waals surface area contributed by atoms with Crippen molar-refractivity contribution in [2.75, 3.05) is 63.3 Å². The number of pyridine rings is 1. The molecule has 3 aliphatic heterocycles. The number of ether oxygens (including phenoxy) is 3. The highest BCUT2D eigenvalue weighted by Crippen LogP contribution is 2.52. The second-order valence-electron chi connectivity index (χ2n) is 12.3. The van der Waals surface area contributed by atoms with E-state index in [1.54, 1.807) is 30.9 Å². The number of hydrogen-bond acceptors (Lipinski definition) is 11. The normalized spacial score (nSPS) is 20.3. The summed E-state index contributed by atoms with van der Waals surface area (Å²) in [6.45, 7) is 11.1. The summed E-state index contributed by atoms with van der Waals surface area (Å²) in [6.07, 6.45) is 2.79. The van der Waals surface area contributed by atoms with Crippen molar-refractivity contribution in [1.82, 2.24) is 19.7 Å². The molecule has 1 unspecified atom stereocenters. The fourth-order valence-corrected chi connectivity index (χ4v) is 8.69. The van der Waals surface area contributed by atoms with Gasteiger partial charge in [-0.15, -0.1) is 0 Å². The second kappa shape index (κ2) is 14.6. The minimum absolute atomic E-state index is 0.00244. The average molecular weight is 703 g/mol. The number of carbonyl (C=O) groups is 2. The van der Waals surface area contributed by atoms with Gasteiger partial charge in [-0.05, 0) is 88.8 Å². The van der Waals surface area contributed by atoms with Crippen LogP contribution in [0.4, 0.5) is 10.5 Å². The number of benzene rings is 2. The number of nitrogens with zero attached hydrogens (tertiary/aromatic N) is 6. The van der Waals surface area contributed by atoms with Crippen LogP contribution in [-0.4, -0.2) is 105 Å². The maximum atomic E-state index is 15.1. The van der Waals surface area contributed by atoms with Gasteiger partial charge in [0.1, 0.15) is 10.6 Å². The molecule has 13 nitrogen and oxygen atoms in total. The second-order valence-corrected chi connectivity index (χ2v) is 14.1.